The predicted octanol–water partition coefficient (Wildman–Crippen LogP) is 2.43. The van der Waals surface area contributed by atoms with E-state index in [-0.39, 0.29) is 5.91 Å². The van der Waals surface area contributed by atoms with Gasteiger partial charge < -0.3 is 19.7 Å². The molecule has 2 fully saturated rings. The highest BCUT2D eigenvalue weighted by molar-refractivity contribution is 7.17. The van der Waals surface area contributed by atoms with Gasteiger partial charge in [0.15, 0.2) is 11.5 Å². The van der Waals surface area contributed by atoms with Crippen LogP contribution in [0, 0.1) is 18.8 Å². The van der Waals surface area contributed by atoms with Gasteiger partial charge in [-0.25, -0.2) is 4.98 Å². The zero-order valence-electron chi connectivity index (χ0n) is 15.2. The van der Waals surface area contributed by atoms with E-state index in [1.807, 2.05) is 30.0 Å². The molecule has 2 saturated heterocycles. The zero-order chi connectivity index (χ0) is 18.3. The normalized spacial score (nSPS) is 21.7. The fourth-order valence-electron chi connectivity index (χ4n) is 3.85. The minimum absolute atomic E-state index is 0.112. The molecule has 1 aromatic heterocycles. The Kier molecular flexibility index (Phi) is 4.58. The van der Waals surface area contributed by atoms with Gasteiger partial charge in [0.25, 0.3) is 5.91 Å². The van der Waals surface area contributed by atoms with Crippen LogP contribution in [-0.4, -0.2) is 56.2 Å². The van der Waals surface area contributed by atoms with E-state index in [2.05, 4.69) is 10.3 Å². The molecule has 0 saturated carbocycles. The van der Waals surface area contributed by atoms with Crippen molar-refractivity contribution in [3.63, 3.8) is 0 Å². The number of carbonyl (C=O) groups is 1. The Balaban J connectivity index is 1.59. The van der Waals surface area contributed by atoms with Gasteiger partial charge in [0.2, 0.25) is 0 Å². The fourth-order valence-corrected chi connectivity index (χ4v) is 4.88. The summed E-state index contributed by atoms with van der Waals surface area (Å²) >= 11 is 1.45. The molecule has 1 amide bonds. The molecule has 1 aromatic carbocycles. The molecule has 138 valence electrons. The fraction of sp³-hybridized carbons (Fsp3) is 0.474. The van der Waals surface area contributed by atoms with Gasteiger partial charge >= 0.3 is 0 Å². The smallest absolute Gasteiger partial charge is 0.265 e. The van der Waals surface area contributed by atoms with Crippen LogP contribution in [-0.2, 0) is 0 Å². The third kappa shape index (κ3) is 2.95. The van der Waals surface area contributed by atoms with Gasteiger partial charge in [0.1, 0.15) is 9.88 Å². The first-order chi connectivity index (χ1) is 12.6. The molecule has 0 aliphatic carbocycles. The third-order valence-corrected chi connectivity index (χ3v) is 6.49. The van der Waals surface area contributed by atoms with Crippen molar-refractivity contribution in [3.05, 3.63) is 28.8 Å². The van der Waals surface area contributed by atoms with Crippen molar-refractivity contribution in [2.45, 2.75) is 6.92 Å². The first-order valence-corrected chi connectivity index (χ1v) is 9.62. The molecule has 4 rings (SSSR count). The van der Waals surface area contributed by atoms with Crippen molar-refractivity contribution < 1.29 is 14.3 Å². The summed E-state index contributed by atoms with van der Waals surface area (Å²) in [4.78, 5) is 20.4. The Morgan fingerprint density at radius 1 is 1.19 bits per heavy atom. The van der Waals surface area contributed by atoms with Gasteiger partial charge in [-0.1, -0.05) is 0 Å². The molecule has 7 heteroatoms. The molecule has 0 bridgehead atoms. The third-order valence-electron chi connectivity index (χ3n) is 5.30. The second kappa shape index (κ2) is 6.89. The summed E-state index contributed by atoms with van der Waals surface area (Å²) in [5, 5.41) is 4.24. The zero-order valence-corrected chi connectivity index (χ0v) is 16.1. The summed E-state index contributed by atoms with van der Waals surface area (Å²) in [7, 11) is 3.23. The van der Waals surface area contributed by atoms with Gasteiger partial charge in [0, 0.05) is 31.7 Å². The van der Waals surface area contributed by atoms with Crippen LogP contribution in [0.4, 0.5) is 0 Å². The SMILES string of the molecule is COc1ccc(-c2nc(C)c(C(=O)N3C[C@H]4CNC[C@H]4C3)s2)cc1OC. The van der Waals surface area contributed by atoms with E-state index in [1.54, 1.807) is 14.2 Å². The van der Waals surface area contributed by atoms with Crippen molar-refractivity contribution in [2.24, 2.45) is 11.8 Å². The van der Waals surface area contributed by atoms with Crippen LogP contribution < -0.4 is 14.8 Å². The molecule has 2 atom stereocenters. The Morgan fingerprint density at radius 3 is 2.54 bits per heavy atom. The Hall–Kier alpha value is -2.12. The average molecular weight is 373 g/mol. The highest BCUT2D eigenvalue weighted by atomic mass is 32.1. The number of nitrogens with zero attached hydrogens (tertiary/aromatic N) is 2. The molecule has 0 unspecified atom stereocenters. The number of methoxy groups -OCH3 is 2. The molecular weight excluding hydrogens is 350 g/mol. The number of benzene rings is 1. The Morgan fingerprint density at radius 2 is 1.88 bits per heavy atom. The van der Waals surface area contributed by atoms with Crippen molar-refractivity contribution in [1.29, 1.82) is 0 Å². The van der Waals surface area contributed by atoms with Crippen molar-refractivity contribution in [1.82, 2.24) is 15.2 Å². The second-order valence-corrected chi connectivity index (χ2v) is 7.89. The number of thiazole rings is 1. The van der Waals surface area contributed by atoms with Crippen LogP contribution in [0.2, 0.25) is 0 Å². The lowest BCUT2D eigenvalue weighted by Crippen LogP contribution is -2.31. The predicted molar refractivity (Wildman–Crippen MR) is 101 cm³/mol. The number of fused-ring (bicyclic) bond motifs is 1. The molecule has 26 heavy (non-hydrogen) atoms. The van der Waals surface area contributed by atoms with Crippen molar-refractivity contribution >= 4 is 17.2 Å². The minimum Gasteiger partial charge on any atom is -0.493 e. The quantitative estimate of drug-likeness (QED) is 0.892. The number of aromatic nitrogens is 1. The molecule has 6 nitrogen and oxygen atoms in total. The number of amides is 1. The number of ether oxygens (including phenoxy) is 2. The van der Waals surface area contributed by atoms with Crippen molar-refractivity contribution in [2.75, 3.05) is 40.4 Å². The molecule has 1 N–H and O–H groups in total. The lowest BCUT2D eigenvalue weighted by Gasteiger charge is -2.16. The van der Waals surface area contributed by atoms with E-state index < -0.39 is 0 Å². The highest BCUT2D eigenvalue weighted by Gasteiger charge is 2.39. The molecule has 2 aromatic rings. The van der Waals surface area contributed by atoms with Crippen LogP contribution in [0.15, 0.2) is 18.2 Å². The second-order valence-electron chi connectivity index (χ2n) is 6.89. The molecule has 0 spiro atoms. The lowest BCUT2D eigenvalue weighted by molar-refractivity contribution is 0.0785. The van der Waals surface area contributed by atoms with Crippen molar-refractivity contribution in [3.8, 4) is 22.1 Å². The molecule has 0 radical (unpaired) electrons. The van der Waals surface area contributed by atoms with E-state index in [1.165, 1.54) is 11.3 Å². The maximum Gasteiger partial charge on any atom is 0.265 e. The van der Waals surface area contributed by atoms with Crippen LogP contribution in [0.1, 0.15) is 15.4 Å². The van der Waals surface area contributed by atoms with Gasteiger partial charge in [-0.15, -0.1) is 11.3 Å². The minimum atomic E-state index is 0.112. The lowest BCUT2D eigenvalue weighted by atomic mass is 10.0. The largest absolute Gasteiger partial charge is 0.493 e. The van der Waals surface area contributed by atoms with Gasteiger partial charge in [-0.2, -0.15) is 0 Å². The maximum absolute atomic E-state index is 13.0. The van der Waals surface area contributed by atoms with E-state index in [9.17, 15) is 4.79 Å². The first-order valence-electron chi connectivity index (χ1n) is 8.80. The monoisotopic (exact) mass is 373 g/mol. The van der Waals surface area contributed by atoms with Crippen LogP contribution in [0.5, 0.6) is 11.5 Å². The van der Waals surface area contributed by atoms with Crippen LogP contribution in [0.25, 0.3) is 10.6 Å². The Labute approximate surface area is 157 Å². The number of rotatable bonds is 4. The van der Waals surface area contributed by atoms with E-state index in [0.29, 0.717) is 23.3 Å². The molecule has 3 heterocycles. The first kappa shape index (κ1) is 17.3. The van der Waals surface area contributed by atoms with E-state index >= 15 is 0 Å². The number of aryl methyl sites for hydroxylation is 1. The average Bonchev–Trinajstić information content (AvgIpc) is 3.34. The molecule has 2 aliphatic rings. The van der Waals surface area contributed by atoms with Gasteiger partial charge in [-0.05, 0) is 37.0 Å². The molecular formula is C19H23N3O3S. The van der Waals surface area contributed by atoms with Gasteiger partial charge in [-0.3, -0.25) is 4.79 Å². The number of likely N-dealkylation sites (tertiary alicyclic amines) is 1. The summed E-state index contributed by atoms with van der Waals surface area (Å²) in [6.45, 7) is 5.64. The number of nitrogens with one attached hydrogen (secondary N) is 1. The highest BCUT2D eigenvalue weighted by Crippen LogP contribution is 2.36. The number of hydrogen-bond acceptors (Lipinski definition) is 6. The summed E-state index contributed by atoms with van der Waals surface area (Å²) in [5.74, 6) is 2.64. The summed E-state index contributed by atoms with van der Waals surface area (Å²) in [6.07, 6.45) is 0. The number of hydrogen-bond donors (Lipinski definition) is 1. The number of carbonyl (C=O) groups excluding carboxylic acids is 1. The topological polar surface area (TPSA) is 63.7 Å². The Bertz CT molecular complexity index is 823. The van der Waals surface area contributed by atoms with Crippen LogP contribution in [0.3, 0.4) is 0 Å². The van der Waals surface area contributed by atoms with Crippen LogP contribution >= 0.6 is 11.3 Å². The van der Waals surface area contributed by atoms with Gasteiger partial charge in [0.05, 0.1) is 19.9 Å². The molecule has 2 aliphatic heterocycles. The summed E-state index contributed by atoms with van der Waals surface area (Å²) < 4.78 is 10.7. The summed E-state index contributed by atoms with van der Waals surface area (Å²) in [6, 6.07) is 5.71. The summed E-state index contributed by atoms with van der Waals surface area (Å²) in [5.41, 5.74) is 1.72. The van der Waals surface area contributed by atoms with E-state index in [4.69, 9.17) is 9.47 Å². The maximum atomic E-state index is 13.0. The standard InChI is InChI=1S/C19H23N3O3S/c1-11-17(19(23)22-9-13-7-20-8-14(13)10-22)26-18(21-11)12-4-5-15(24-2)16(6-12)25-3/h4-6,13-14,20H,7-10H2,1-3H3/t13-,14+. The van der Waals surface area contributed by atoms with E-state index in [0.717, 1.165) is 47.3 Å².